The van der Waals surface area contributed by atoms with Crippen molar-refractivity contribution < 1.29 is 14.3 Å². The van der Waals surface area contributed by atoms with Gasteiger partial charge in [-0.25, -0.2) is 4.79 Å². The molecule has 0 saturated carbocycles. The van der Waals surface area contributed by atoms with Crippen LogP contribution >= 0.6 is 0 Å². The van der Waals surface area contributed by atoms with Gasteiger partial charge in [0, 0.05) is 37.1 Å². The van der Waals surface area contributed by atoms with Crippen molar-refractivity contribution in [3.63, 3.8) is 0 Å². The largest absolute Gasteiger partial charge is 0.444 e. The summed E-state index contributed by atoms with van der Waals surface area (Å²) in [7, 11) is 2.04. The molecule has 0 aliphatic rings. The Kier molecular flexibility index (Phi) is 7.44. The molecule has 0 saturated heterocycles. The minimum atomic E-state index is -0.557. The maximum atomic E-state index is 12.2. The molecule has 2 aromatic rings. The molecule has 0 heterocycles. The molecule has 0 spiro atoms. The summed E-state index contributed by atoms with van der Waals surface area (Å²) < 4.78 is 5.20. The average Bonchev–Trinajstić information content (AvgIpc) is 2.64. The van der Waals surface area contributed by atoms with Gasteiger partial charge in [0.2, 0.25) is 0 Å². The fourth-order valence-electron chi connectivity index (χ4n) is 2.56. The summed E-state index contributed by atoms with van der Waals surface area (Å²) in [4.78, 5) is 26.2. The standard InChI is InChI=1S/C22H29N3O3/c1-22(2,3)28-21(27)24-18-13-11-17(12-14-18)20(26)23-15-8-16-25(4)19-9-6-5-7-10-19/h5-7,9-14H,8,15-16H2,1-4H3,(H,23,26)(H,24,27). The second-order valence-corrected chi connectivity index (χ2v) is 7.57. The SMILES string of the molecule is CN(CCCNC(=O)c1ccc(NC(=O)OC(C)(C)C)cc1)c1ccccc1. The Hall–Kier alpha value is -3.02. The zero-order valence-corrected chi connectivity index (χ0v) is 17.0. The van der Waals surface area contributed by atoms with Crippen LogP contribution in [0.25, 0.3) is 0 Å². The van der Waals surface area contributed by atoms with Crippen LogP contribution in [0.15, 0.2) is 54.6 Å². The number of ether oxygens (including phenoxy) is 1. The molecule has 0 unspecified atom stereocenters. The van der Waals surface area contributed by atoms with E-state index in [2.05, 4.69) is 27.7 Å². The van der Waals surface area contributed by atoms with Crippen LogP contribution in [0.1, 0.15) is 37.6 Å². The van der Waals surface area contributed by atoms with Crippen molar-refractivity contribution in [2.75, 3.05) is 30.4 Å². The van der Waals surface area contributed by atoms with Gasteiger partial charge in [0.1, 0.15) is 5.60 Å². The van der Waals surface area contributed by atoms with E-state index in [1.54, 1.807) is 45.0 Å². The lowest BCUT2D eigenvalue weighted by Crippen LogP contribution is -2.28. The molecule has 2 aromatic carbocycles. The minimum Gasteiger partial charge on any atom is -0.444 e. The summed E-state index contributed by atoms with van der Waals surface area (Å²) in [6.45, 7) is 6.85. The van der Waals surface area contributed by atoms with Crippen molar-refractivity contribution in [2.45, 2.75) is 32.8 Å². The number of nitrogens with one attached hydrogen (secondary N) is 2. The Morgan fingerprint density at radius 2 is 1.64 bits per heavy atom. The molecule has 28 heavy (non-hydrogen) atoms. The number of benzene rings is 2. The van der Waals surface area contributed by atoms with Crippen molar-refractivity contribution in [3.05, 3.63) is 60.2 Å². The fraction of sp³-hybridized carbons (Fsp3) is 0.364. The molecule has 150 valence electrons. The highest BCUT2D eigenvalue weighted by molar-refractivity contribution is 5.95. The molecule has 0 aliphatic heterocycles. The van der Waals surface area contributed by atoms with Crippen molar-refractivity contribution in [1.82, 2.24) is 5.32 Å². The topological polar surface area (TPSA) is 70.7 Å². The third-order valence-electron chi connectivity index (χ3n) is 3.95. The van der Waals surface area contributed by atoms with Crippen LogP contribution in [0.2, 0.25) is 0 Å². The predicted octanol–water partition coefficient (Wildman–Crippen LogP) is 4.29. The Morgan fingerprint density at radius 1 is 1.00 bits per heavy atom. The molecule has 0 aliphatic carbocycles. The maximum absolute atomic E-state index is 12.2. The van der Waals surface area contributed by atoms with E-state index < -0.39 is 11.7 Å². The van der Waals surface area contributed by atoms with E-state index >= 15 is 0 Å². The highest BCUT2D eigenvalue weighted by Crippen LogP contribution is 2.13. The third-order valence-corrected chi connectivity index (χ3v) is 3.95. The van der Waals surface area contributed by atoms with Gasteiger partial charge in [-0.1, -0.05) is 18.2 Å². The van der Waals surface area contributed by atoms with Crippen LogP contribution in [0, 0.1) is 0 Å². The molecule has 2 rings (SSSR count). The highest BCUT2D eigenvalue weighted by Gasteiger charge is 2.16. The number of anilines is 2. The smallest absolute Gasteiger partial charge is 0.412 e. The van der Waals surface area contributed by atoms with Gasteiger partial charge in [-0.05, 0) is 63.6 Å². The summed E-state index contributed by atoms with van der Waals surface area (Å²) in [5.41, 5.74) is 1.72. The molecular formula is C22H29N3O3. The van der Waals surface area contributed by atoms with Gasteiger partial charge < -0.3 is 15.0 Å². The number of nitrogens with zero attached hydrogens (tertiary/aromatic N) is 1. The van der Waals surface area contributed by atoms with Gasteiger partial charge in [0.15, 0.2) is 0 Å². The molecule has 0 aromatic heterocycles. The lowest BCUT2D eigenvalue weighted by molar-refractivity contribution is 0.0635. The van der Waals surface area contributed by atoms with Crippen LogP contribution < -0.4 is 15.5 Å². The molecule has 0 bridgehead atoms. The van der Waals surface area contributed by atoms with Gasteiger partial charge >= 0.3 is 6.09 Å². The van der Waals surface area contributed by atoms with Crippen LogP contribution in [0.4, 0.5) is 16.2 Å². The summed E-state index contributed by atoms with van der Waals surface area (Å²) in [5, 5.41) is 5.57. The van der Waals surface area contributed by atoms with Gasteiger partial charge in [-0.2, -0.15) is 0 Å². The number of hydrogen-bond acceptors (Lipinski definition) is 4. The van der Waals surface area contributed by atoms with E-state index in [-0.39, 0.29) is 5.91 Å². The minimum absolute atomic E-state index is 0.133. The number of carbonyl (C=O) groups excluding carboxylic acids is 2. The lowest BCUT2D eigenvalue weighted by Gasteiger charge is -2.19. The Bertz CT molecular complexity index is 768. The zero-order valence-electron chi connectivity index (χ0n) is 17.0. The van der Waals surface area contributed by atoms with Crippen molar-refractivity contribution in [2.24, 2.45) is 0 Å². The molecule has 0 fully saturated rings. The molecule has 6 heteroatoms. The summed E-state index contributed by atoms with van der Waals surface area (Å²) >= 11 is 0. The monoisotopic (exact) mass is 383 g/mol. The van der Waals surface area contributed by atoms with E-state index in [9.17, 15) is 9.59 Å². The predicted molar refractivity (Wildman–Crippen MR) is 113 cm³/mol. The van der Waals surface area contributed by atoms with Crippen molar-refractivity contribution >= 4 is 23.4 Å². The molecule has 2 amide bonds. The van der Waals surface area contributed by atoms with E-state index in [1.807, 2.05) is 25.2 Å². The fourth-order valence-corrected chi connectivity index (χ4v) is 2.56. The van der Waals surface area contributed by atoms with E-state index in [0.717, 1.165) is 18.7 Å². The quantitative estimate of drug-likeness (QED) is 0.700. The van der Waals surface area contributed by atoms with Gasteiger partial charge in [-0.3, -0.25) is 10.1 Å². The molecular weight excluding hydrogens is 354 g/mol. The molecule has 2 N–H and O–H groups in total. The Balaban J connectivity index is 1.74. The lowest BCUT2D eigenvalue weighted by atomic mass is 10.2. The first-order valence-electron chi connectivity index (χ1n) is 9.39. The number of hydrogen-bond donors (Lipinski definition) is 2. The van der Waals surface area contributed by atoms with E-state index in [4.69, 9.17) is 4.74 Å². The average molecular weight is 383 g/mol. The van der Waals surface area contributed by atoms with Crippen molar-refractivity contribution in [3.8, 4) is 0 Å². The number of carbonyl (C=O) groups is 2. The number of rotatable bonds is 7. The Morgan fingerprint density at radius 3 is 2.25 bits per heavy atom. The number of amides is 2. The van der Waals surface area contributed by atoms with Crippen molar-refractivity contribution in [1.29, 1.82) is 0 Å². The third kappa shape index (κ3) is 7.31. The van der Waals surface area contributed by atoms with E-state index in [0.29, 0.717) is 17.8 Å². The van der Waals surface area contributed by atoms with E-state index in [1.165, 1.54) is 0 Å². The van der Waals surface area contributed by atoms with Crippen LogP contribution in [0.5, 0.6) is 0 Å². The maximum Gasteiger partial charge on any atom is 0.412 e. The molecule has 6 nitrogen and oxygen atoms in total. The Labute approximate surface area is 166 Å². The first kappa shape index (κ1) is 21.3. The summed E-state index contributed by atoms with van der Waals surface area (Å²) in [5.74, 6) is -0.133. The second kappa shape index (κ2) is 9.78. The number of para-hydroxylation sites is 1. The molecule has 0 atom stereocenters. The van der Waals surface area contributed by atoms with Gasteiger partial charge in [0.05, 0.1) is 0 Å². The highest BCUT2D eigenvalue weighted by atomic mass is 16.6. The van der Waals surface area contributed by atoms with Crippen LogP contribution in [-0.4, -0.2) is 37.7 Å². The second-order valence-electron chi connectivity index (χ2n) is 7.57. The zero-order chi connectivity index (χ0) is 20.6. The van der Waals surface area contributed by atoms with Crippen LogP contribution in [0.3, 0.4) is 0 Å². The first-order chi connectivity index (χ1) is 13.2. The van der Waals surface area contributed by atoms with Gasteiger partial charge in [0.25, 0.3) is 5.91 Å². The molecule has 0 radical (unpaired) electrons. The van der Waals surface area contributed by atoms with Crippen LogP contribution in [-0.2, 0) is 4.74 Å². The normalized spacial score (nSPS) is 10.9. The first-order valence-corrected chi connectivity index (χ1v) is 9.39. The van der Waals surface area contributed by atoms with Gasteiger partial charge in [-0.15, -0.1) is 0 Å². The summed E-state index contributed by atoms with van der Waals surface area (Å²) in [6.07, 6.45) is 0.322. The summed E-state index contributed by atoms with van der Waals surface area (Å²) in [6, 6.07) is 16.9.